The average Bonchev–Trinajstić information content (AvgIpc) is 3.17. The normalized spacial score (nSPS) is 12.6. The molecule has 0 fully saturated rings. The molecule has 6 nitrogen and oxygen atoms in total. The van der Waals surface area contributed by atoms with Crippen LogP contribution in [0.3, 0.4) is 0 Å². The largest absolute Gasteiger partial charge is 0.486 e. The van der Waals surface area contributed by atoms with Crippen molar-refractivity contribution in [2.24, 2.45) is 0 Å². The summed E-state index contributed by atoms with van der Waals surface area (Å²) < 4.78 is 17.5. The summed E-state index contributed by atoms with van der Waals surface area (Å²) in [5.74, 6) is 2.39. The number of amides is 1. The second kappa shape index (κ2) is 7.84. The predicted molar refractivity (Wildman–Crippen MR) is 104 cm³/mol. The number of halogens is 1. The Hall–Kier alpha value is -2.80. The van der Waals surface area contributed by atoms with Crippen LogP contribution in [-0.2, 0) is 11.2 Å². The van der Waals surface area contributed by atoms with Crippen molar-refractivity contribution in [3.63, 3.8) is 0 Å². The van der Waals surface area contributed by atoms with Crippen LogP contribution in [0.1, 0.15) is 12.3 Å². The number of anilines is 1. The van der Waals surface area contributed by atoms with Gasteiger partial charge in [-0.15, -0.1) is 0 Å². The van der Waals surface area contributed by atoms with Crippen molar-refractivity contribution < 1.29 is 18.7 Å². The van der Waals surface area contributed by atoms with Gasteiger partial charge in [0.25, 0.3) is 0 Å². The van der Waals surface area contributed by atoms with E-state index in [4.69, 9.17) is 13.9 Å². The zero-order valence-corrected chi connectivity index (χ0v) is 16.0. The molecule has 1 amide bonds. The first-order chi connectivity index (χ1) is 13.2. The van der Waals surface area contributed by atoms with Gasteiger partial charge in [-0.05, 0) is 15.9 Å². The minimum absolute atomic E-state index is 0.133. The molecule has 1 aliphatic heterocycles. The minimum Gasteiger partial charge on any atom is -0.486 e. The second-order valence-electron chi connectivity index (χ2n) is 6.01. The fourth-order valence-corrected chi connectivity index (χ4v) is 3.18. The summed E-state index contributed by atoms with van der Waals surface area (Å²) in [6.45, 7) is 1.02. The lowest BCUT2D eigenvalue weighted by atomic mass is 10.2. The first-order valence-electron chi connectivity index (χ1n) is 8.58. The highest BCUT2D eigenvalue weighted by atomic mass is 79.9. The molecule has 7 heteroatoms. The van der Waals surface area contributed by atoms with E-state index in [1.807, 2.05) is 30.3 Å². The highest BCUT2D eigenvalue weighted by Crippen LogP contribution is 2.38. The van der Waals surface area contributed by atoms with Crippen molar-refractivity contribution in [2.75, 3.05) is 18.5 Å². The second-order valence-corrected chi connectivity index (χ2v) is 6.86. The summed E-state index contributed by atoms with van der Waals surface area (Å²) in [5, 5.41) is 2.88. The first-order valence-corrected chi connectivity index (χ1v) is 9.37. The van der Waals surface area contributed by atoms with Crippen LogP contribution in [0, 0.1) is 0 Å². The van der Waals surface area contributed by atoms with E-state index in [1.165, 1.54) is 0 Å². The van der Waals surface area contributed by atoms with Crippen LogP contribution in [0.4, 0.5) is 5.69 Å². The predicted octanol–water partition coefficient (Wildman–Crippen LogP) is 4.45. The molecule has 0 spiro atoms. The molecule has 0 saturated heterocycles. The van der Waals surface area contributed by atoms with Gasteiger partial charge in [-0.25, -0.2) is 4.98 Å². The van der Waals surface area contributed by atoms with Crippen molar-refractivity contribution in [3.05, 3.63) is 59.0 Å². The van der Waals surface area contributed by atoms with E-state index in [9.17, 15) is 4.79 Å². The summed E-state index contributed by atoms with van der Waals surface area (Å²) in [7, 11) is 0. The fourth-order valence-electron chi connectivity index (χ4n) is 2.75. The van der Waals surface area contributed by atoms with E-state index >= 15 is 0 Å². The van der Waals surface area contributed by atoms with Gasteiger partial charge in [-0.2, -0.15) is 0 Å². The maximum absolute atomic E-state index is 12.3. The number of carbonyl (C=O) groups excluding carboxylic acids is 1. The summed E-state index contributed by atoms with van der Waals surface area (Å²) in [4.78, 5) is 16.6. The van der Waals surface area contributed by atoms with Crippen molar-refractivity contribution in [1.82, 2.24) is 4.98 Å². The number of oxazole rings is 1. The molecule has 1 aliphatic rings. The third kappa shape index (κ3) is 4.14. The van der Waals surface area contributed by atoms with Crippen LogP contribution < -0.4 is 14.8 Å². The number of aromatic nitrogens is 1. The number of carbonyl (C=O) groups is 1. The van der Waals surface area contributed by atoms with Crippen molar-refractivity contribution in [1.29, 1.82) is 0 Å². The molecule has 27 heavy (non-hydrogen) atoms. The molecular formula is C20H17BrN2O4. The van der Waals surface area contributed by atoms with Crippen LogP contribution in [0.2, 0.25) is 0 Å². The Labute approximate surface area is 164 Å². The van der Waals surface area contributed by atoms with Gasteiger partial charge in [-0.3, -0.25) is 4.79 Å². The molecule has 0 unspecified atom stereocenters. The Kier molecular flexibility index (Phi) is 5.11. The number of ether oxygens (including phenoxy) is 2. The molecule has 0 atom stereocenters. The molecule has 0 bridgehead atoms. The molecule has 1 aromatic heterocycles. The molecule has 0 saturated carbocycles. The van der Waals surface area contributed by atoms with Gasteiger partial charge in [-0.1, -0.05) is 30.3 Å². The van der Waals surface area contributed by atoms with Gasteiger partial charge >= 0.3 is 0 Å². The standard InChI is InChI=1S/C20H17BrN2O4/c21-14-10-16-17(26-9-8-25-16)11-15(14)23-19(24)6-7-20-22-12-18(27-20)13-4-2-1-3-5-13/h1-5,10-12H,6-9H2,(H,23,24). The molecule has 2 aromatic carbocycles. The minimum atomic E-state index is -0.133. The molecule has 3 aromatic rings. The number of hydrogen-bond donors (Lipinski definition) is 1. The molecule has 2 heterocycles. The van der Waals surface area contributed by atoms with Gasteiger partial charge in [0.2, 0.25) is 5.91 Å². The van der Waals surface area contributed by atoms with Gasteiger partial charge in [0, 0.05) is 35.0 Å². The van der Waals surface area contributed by atoms with E-state index in [2.05, 4.69) is 26.2 Å². The fraction of sp³-hybridized carbons (Fsp3) is 0.200. The molecule has 0 radical (unpaired) electrons. The molecule has 4 rings (SSSR count). The number of nitrogens with zero attached hydrogens (tertiary/aromatic N) is 1. The van der Waals surface area contributed by atoms with Gasteiger partial charge in [0.1, 0.15) is 13.2 Å². The van der Waals surface area contributed by atoms with Crippen molar-refractivity contribution in [3.8, 4) is 22.8 Å². The maximum atomic E-state index is 12.3. The van der Waals surface area contributed by atoms with Crippen LogP contribution >= 0.6 is 15.9 Å². The summed E-state index contributed by atoms with van der Waals surface area (Å²) in [6.07, 6.45) is 2.36. The topological polar surface area (TPSA) is 73.6 Å². The van der Waals surface area contributed by atoms with Crippen LogP contribution in [0.5, 0.6) is 11.5 Å². The lowest BCUT2D eigenvalue weighted by molar-refractivity contribution is -0.116. The molecule has 138 valence electrons. The first kappa shape index (κ1) is 17.6. The monoisotopic (exact) mass is 428 g/mol. The van der Waals surface area contributed by atoms with Crippen LogP contribution in [0.25, 0.3) is 11.3 Å². The number of aryl methyl sites for hydroxylation is 1. The molecular weight excluding hydrogens is 412 g/mol. The van der Waals surface area contributed by atoms with E-state index in [0.29, 0.717) is 48.5 Å². The highest BCUT2D eigenvalue weighted by molar-refractivity contribution is 9.10. The SMILES string of the molecule is O=C(CCc1ncc(-c2ccccc2)o1)Nc1cc2c(cc1Br)OCCO2. The van der Waals surface area contributed by atoms with E-state index in [0.717, 1.165) is 10.0 Å². The van der Waals surface area contributed by atoms with Gasteiger partial charge in [0.05, 0.1) is 11.9 Å². The Morgan fingerprint density at radius 1 is 1.11 bits per heavy atom. The Bertz CT molecular complexity index is 956. The number of nitrogens with one attached hydrogen (secondary N) is 1. The van der Waals surface area contributed by atoms with E-state index in [1.54, 1.807) is 18.3 Å². The summed E-state index contributed by atoms with van der Waals surface area (Å²) in [5.41, 5.74) is 1.60. The lowest BCUT2D eigenvalue weighted by Crippen LogP contribution is -2.17. The lowest BCUT2D eigenvalue weighted by Gasteiger charge is -2.20. The molecule has 1 N–H and O–H groups in total. The Morgan fingerprint density at radius 2 is 1.85 bits per heavy atom. The summed E-state index contributed by atoms with van der Waals surface area (Å²) in [6, 6.07) is 13.3. The Morgan fingerprint density at radius 3 is 2.63 bits per heavy atom. The zero-order chi connectivity index (χ0) is 18.6. The van der Waals surface area contributed by atoms with Crippen LogP contribution in [-0.4, -0.2) is 24.1 Å². The quantitative estimate of drug-likeness (QED) is 0.649. The van der Waals surface area contributed by atoms with E-state index in [-0.39, 0.29) is 12.3 Å². The highest BCUT2D eigenvalue weighted by Gasteiger charge is 2.16. The maximum Gasteiger partial charge on any atom is 0.224 e. The average molecular weight is 429 g/mol. The number of rotatable bonds is 5. The van der Waals surface area contributed by atoms with Crippen molar-refractivity contribution in [2.45, 2.75) is 12.8 Å². The number of fused-ring (bicyclic) bond motifs is 1. The third-order valence-electron chi connectivity index (χ3n) is 4.08. The number of hydrogen-bond acceptors (Lipinski definition) is 5. The third-order valence-corrected chi connectivity index (χ3v) is 4.74. The van der Waals surface area contributed by atoms with Gasteiger partial charge in [0.15, 0.2) is 23.1 Å². The molecule has 0 aliphatic carbocycles. The zero-order valence-electron chi connectivity index (χ0n) is 14.4. The Balaban J connectivity index is 1.37. The smallest absolute Gasteiger partial charge is 0.224 e. The van der Waals surface area contributed by atoms with E-state index < -0.39 is 0 Å². The van der Waals surface area contributed by atoms with Crippen LogP contribution in [0.15, 0.2) is 57.6 Å². The van der Waals surface area contributed by atoms with Crippen molar-refractivity contribution >= 4 is 27.5 Å². The number of benzene rings is 2. The van der Waals surface area contributed by atoms with Gasteiger partial charge < -0.3 is 19.2 Å². The summed E-state index contributed by atoms with van der Waals surface area (Å²) >= 11 is 3.45.